The Morgan fingerprint density at radius 1 is 1.23 bits per heavy atom. The van der Waals surface area contributed by atoms with Crippen LogP contribution in [0, 0.1) is 5.92 Å². The number of hydrogen-bond acceptors (Lipinski definition) is 6. The molecule has 0 radical (unpaired) electrons. The predicted molar refractivity (Wildman–Crippen MR) is 99.1 cm³/mol. The zero-order valence-electron chi connectivity index (χ0n) is 14.6. The fourth-order valence-electron chi connectivity index (χ4n) is 3.62. The molecule has 3 aliphatic rings. The van der Waals surface area contributed by atoms with Gasteiger partial charge in [-0.3, -0.25) is 9.59 Å². The van der Waals surface area contributed by atoms with E-state index >= 15 is 0 Å². The van der Waals surface area contributed by atoms with E-state index in [1.54, 1.807) is 24.3 Å². The zero-order chi connectivity index (χ0) is 18.1. The van der Waals surface area contributed by atoms with Crippen molar-refractivity contribution in [3.8, 4) is 10.9 Å². The number of hydrogen-bond donors (Lipinski definition) is 1. The number of piperidine rings is 3. The molecule has 7 heteroatoms. The van der Waals surface area contributed by atoms with Gasteiger partial charge in [-0.25, -0.2) is 4.98 Å². The molecule has 1 aromatic heterocycles. The van der Waals surface area contributed by atoms with E-state index in [-0.39, 0.29) is 17.7 Å². The quantitative estimate of drug-likeness (QED) is 0.818. The van der Waals surface area contributed by atoms with Gasteiger partial charge < -0.3 is 15.0 Å². The van der Waals surface area contributed by atoms with E-state index < -0.39 is 0 Å². The average molecular weight is 371 g/mol. The maximum Gasteiger partial charge on any atom is 0.279 e. The molecule has 1 unspecified atom stereocenters. The first-order valence-corrected chi connectivity index (χ1v) is 9.68. The summed E-state index contributed by atoms with van der Waals surface area (Å²) in [6.07, 6.45) is 3.86. The highest BCUT2D eigenvalue weighted by molar-refractivity contribution is 7.15. The highest BCUT2D eigenvalue weighted by Gasteiger charge is 2.34. The molecular weight excluding hydrogens is 350 g/mol. The molecule has 1 aromatic carbocycles. The number of thiazole rings is 1. The summed E-state index contributed by atoms with van der Waals surface area (Å²) in [7, 11) is 0. The third-order valence-corrected chi connectivity index (χ3v) is 6.10. The van der Waals surface area contributed by atoms with Crippen molar-refractivity contribution in [2.75, 3.05) is 19.6 Å². The zero-order valence-corrected chi connectivity index (χ0v) is 15.4. The number of carbonyl (C=O) groups is 2. The average Bonchev–Trinajstić information content (AvgIpc) is 3.12. The first-order chi connectivity index (χ1) is 12.6. The Morgan fingerprint density at radius 3 is 2.54 bits per heavy atom. The maximum absolute atomic E-state index is 12.5. The highest BCUT2D eigenvalue weighted by Crippen LogP contribution is 2.29. The molecule has 6 nitrogen and oxygen atoms in total. The van der Waals surface area contributed by atoms with E-state index in [1.165, 1.54) is 37.3 Å². The van der Waals surface area contributed by atoms with E-state index in [9.17, 15) is 9.59 Å². The largest absolute Gasteiger partial charge is 0.431 e. The number of ether oxygens (including phenoxy) is 1. The molecule has 2 bridgehead atoms. The van der Waals surface area contributed by atoms with Gasteiger partial charge in [0.1, 0.15) is 5.75 Å². The van der Waals surface area contributed by atoms with Crippen LogP contribution in [-0.4, -0.2) is 47.3 Å². The smallest absolute Gasteiger partial charge is 0.279 e. The van der Waals surface area contributed by atoms with Crippen LogP contribution in [0.5, 0.6) is 10.9 Å². The van der Waals surface area contributed by atoms with Crippen molar-refractivity contribution < 1.29 is 14.3 Å². The van der Waals surface area contributed by atoms with Crippen LogP contribution in [0.3, 0.4) is 0 Å². The number of amides is 1. The predicted octanol–water partition coefficient (Wildman–Crippen LogP) is 2.96. The highest BCUT2D eigenvalue weighted by atomic mass is 32.1. The summed E-state index contributed by atoms with van der Waals surface area (Å²) in [5.74, 6) is 1.13. The van der Waals surface area contributed by atoms with Crippen LogP contribution >= 0.6 is 11.3 Å². The van der Waals surface area contributed by atoms with Crippen molar-refractivity contribution in [1.82, 2.24) is 15.2 Å². The van der Waals surface area contributed by atoms with E-state index in [4.69, 9.17) is 4.74 Å². The lowest BCUT2D eigenvalue weighted by molar-refractivity contribution is 0.0620. The molecule has 0 aliphatic carbocycles. The summed E-state index contributed by atoms with van der Waals surface area (Å²) in [4.78, 5) is 30.9. The van der Waals surface area contributed by atoms with Crippen LogP contribution in [0.1, 0.15) is 39.8 Å². The fourth-order valence-corrected chi connectivity index (χ4v) is 4.30. The van der Waals surface area contributed by atoms with Gasteiger partial charge in [0, 0.05) is 25.1 Å². The van der Waals surface area contributed by atoms with Crippen LogP contribution in [-0.2, 0) is 0 Å². The SMILES string of the molecule is CC(=O)c1cnc(Oc2ccc(C(=O)NC3CN4CCC3CC4)cc2)s1. The monoisotopic (exact) mass is 371 g/mol. The van der Waals surface area contributed by atoms with Gasteiger partial charge in [-0.05, 0) is 56.1 Å². The van der Waals surface area contributed by atoms with Crippen molar-refractivity contribution in [3.05, 3.63) is 40.9 Å². The molecule has 3 aliphatic heterocycles. The Morgan fingerprint density at radius 2 is 1.96 bits per heavy atom. The minimum absolute atomic E-state index is 0.0305. The maximum atomic E-state index is 12.5. The van der Waals surface area contributed by atoms with Gasteiger partial charge in [-0.2, -0.15) is 0 Å². The van der Waals surface area contributed by atoms with Gasteiger partial charge in [0.05, 0.1) is 11.1 Å². The second kappa shape index (κ2) is 7.17. The van der Waals surface area contributed by atoms with Gasteiger partial charge in [-0.1, -0.05) is 11.3 Å². The summed E-state index contributed by atoms with van der Waals surface area (Å²) < 4.78 is 5.65. The van der Waals surface area contributed by atoms with Gasteiger partial charge in [-0.15, -0.1) is 0 Å². The van der Waals surface area contributed by atoms with Crippen molar-refractivity contribution in [2.45, 2.75) is 25.8 Å². The summed E-state index contributed by atoms with van der Waals surface area (Å²) >= 11 is 1.21. The first-order valence-electron chi connectivity index (χ1n) is 8.86. The van der Waals surface area contributed by atoms with Crippen LogP contribution in [0.2, 0.25) is 0 Å². The van der Waals surface area contributed by atoms with Crippen LogP contribution in [0.15, 0.2) is 30.5 Å². The second-order valence-corrected chi connectivity index (χ2v) is 7.88. The molecule has 3 saturated heterocycles. The molecule has 26 heavy (non-hydrogen) atoms. The third-order valence-electron chi connectivity index (χ3n) is 5.13. The number of ketones is 1. The fraction of sp³-hybridized carbons (Fsp3) is 0.421. The Balaban J connectivity index is 1.37. The van der Waals surface area contributed by atoms with Gasteiger partial charge >= 0.3 is 0 Å². The number of fused-ring (bicyclic) bond motifs is 3. The molecule has 3 fully saturated rings. The van der Waals surface area contributed by atoms with E-state index in [0.29, 0.717) is 27.3 Å². The Bertz CT molecular complexity index is 810. The summed E-state index contributed by atoms with van der Waals surface area (Å²) in [6, 6.07) is 7.26. The lowest BCUT2D eigenvalue weighted by Crippen LogP contribution is -2.57. The molecule has 1 atom stereocenters. The minimum atomic E-state index is -0.0385. The molecule has 1 N–H and O–H groups in total. The lowest BCUT2D eigenvalue weighted by Gasteiger charge is -2.44. The normalized spacial score (nSPS) is 24.3. The molecule has 136 valence electrons. The van der Waals surface area contributed by atoms with E-state index in [0.717, 1.165) is 19.6 Å². The molecule has 5 rings (SSSR count). The topological polar surface area (TPSA) is 71.5 Å². The van der Waals surface area contributed by atoms with Crippen LogP contribution in [0.4, 0.5) is 0 Å². The number of nitrogens with zero attached hydrogens (tertiary/aromatic N) is 2. The number of Topliss-reactive ketones (excluding diaryl/α,β-unsaturated/α-hetero) is 1. The number of benzene rings is 1. The summed E-state index contributed by atoms with van der Waals surface area (Å²) in [5, 5.41) is 3.60. The minimum Gasteiger partial charge on any atom is -0.431 e. The van der Waals surface area contributed by atoms with E-state index in [2.05, 4.69) is 15.2 Å². The molecule has 4 heterocycles. The van der Waals surface area contributed by atoms with E-state index in [1.807, 2.05) is 0 Å². The van der Waals surface area contributed by atoms with Crippen LogP contribution < -0.4 is 10.1 Å². The number of rotatable bonds is 5. The molecule has 0 saturated carbocycles. The standard InChI is InChI=1S/C19H21N3O3S/c1-12(23)17-10-20-19(26-17)25-15-4-2-14(3-5-15)18(24)21-16-11-22-8-6-13(16)7-9-22/h2-5,10,13,16H,6-9,11H2,1H3,(H,21,24). The van der Waals surface area contributed by atoms with Crippen molar-refractivity contribution in [2.24, 2.45) is 5.92 Å². The third kappa shape index (κ3) is 3.64. The second-order valence-electron chi connectivity index (χ2n) is 6.89. The van der Waals surface area contributed by atoms with Crippen molar-refractivity contribution in [3.63, 3.8) is 0 Å². The first kappa shape index (κ1) is 17.2. The van der Waals surface area contributed by atoms with Gasteiger partial charge in [0.25, 0.3) is 11.1 Å². The molecule has 0 spiro atoms. The van der Waals surface area contributed by atoms with Crippen molar-refractivity contribution >= 4 is 23.0 Å². The Kier molecular flexibility index (Phi) is 4.74. The van der Waals surface area contributed by atoms with Crippen molar-refractivity contribution in [1.29, 1.82) is 0 Å². The Labute approximate surface area is 156 Å². The summed E-state index contributed by atoms with van der Waals surface area (Å²) in [5.41, 5.74) is 0.623. The molecular formula is C19H21N3O3S. The van der Waals surface area contributed by atoms with Crippen LogP contribution in [0.25, 0.3) is 0 Å². The van der Waals surface area contributed by atoms with Gasteiger partial charge in [0.15, 0.2) is 5.78 Å². The van der Waals surface area contributed by atoms with Gasteiger partial charge in [0.2, 0.25) is 0 Å². The number of aromatic nitrogens is 1. The number of nitrogens with one attached hydrogen (secondary N) is 1. The number of carbonyl (C=O) groups excluding carboxylic acids is 2. The lowest BCUT2D eigenvalue weighted by atomic mass is 9.84. The Hall–Kier alpha value is -2.25. The summed E-state index contributed by atoms with van der Waals surface area (Å²) in [6.45, 7) is 4.77. The molecule has 1 amide bonds. The molecule has 2 aromatic rings.